The Hall–Kier alpha value is -1.45. The van der Waals surface area contributed by atoms with Gasteiger partial charge in [0.2, 0.25) is 0 Å². The molecule has 0 aliphatic heterocycles. The fraction of sp³-hybridized carbons (Fsp3) is 0.167. The van der Waals surface area contributed by atoms with Gasteiger partial charge in [-0.2, -0.15) is 0 Å². The molecule has 4 nitrogen and oxygen atoms in total. The van der Waals surface area contributed by atoms with Gasteiger partial charge in [-0.3, -0.25) is 0 Å². The van der Waals surface area contributed by atoms with Gasteiger partial charge in [-0.05, 0) is 6.07 Å². The summed E-state index contributed by atoms with van der Waals surface area (Å²) in [6.45, 7) is 0. The largest absolute Gasteiger partial charge is 0.399 e. The predicted molar refractivity (Wildman–Crippen MR) is 36.6 cm³/mol. The average Bonchev–Trinajstić information content (AvgIpc) is 2.03. The van der Waals surface area contributed by atoms with Crippen molar-refractivity contribution in [2.45, 2.75) is 0 Å². The van der Waals surface area contributed by atoms with Crippen LogP contribution in [0.1, 0.15) is 5.82 Å². The number of hydrogen-bond acceptors (Lipinski definition) is 4. The van der Waals surface area contributed by atoms with Gasteiger partial charge in [0.05, 0.1) is 0 Å². The van der Waals surface area contributed by atoms with Crippen LogP contribution in [0.5, 0.6) is 0 Å². The van der Waals surface area contributed by atoms with Crippen molar-refractivity contribution in [3.05, 3.63) is 24.3 Å². The van der Waals surface area contributed by atoms with Crippen molar-refractivity contribution in [2.24, 2.45) is 5.16 Å². The minimum atomic E-state index is 0.546. The summed E-state index contributed by atoms with van der Waals surface area (Å²) in [7, 11) is 1.47. The molecule has 4 heteroatoms. The van der Waals surface area contributed by atoms with E-state index in [4.69, 9.17) is 0 Å². The van der Waals surface area contributed by atoms with E-state index in [9.17, 15) is 0 Å². The van der Waals surface area contributed by atoms with E-state index in [-0.39, 0.29) is 0 Å². The summed E-state index contributed by atoms with van der Waals surface area (Å²) >= 11 is 0. The minimum Gasteiger partial charge on any atom is -0.399 e. The van der Waals surface area contributed by atoms with Gasteiger partial charge in [-0.25, -0.2) is 9.97 Å². The van der Waals surface area contributed by atoms with Gasteiger partial charge in [-0.15, -0.1) is 0 Å². The highest BCUT2D eigenvalue weighted by Crippen LogP contribution is 1.81. The van der Waals surface area contributed by atoms with Gasteiger partial charge in [0.1, 0.15) is 13.3 Å². The first-order valence-corrected chi connectivity index (χ1v) is 2.77. The van der Waals surface area contributed by atoms with Gasteiger partial charge >= 0.3 is 0 Å². The molecule has 1 aromatic heterocycles. The van der Waals surface area contributed by atoms with E-state index < -0.39 is 0 Å². The van der Waals surface area contributed by atoms with Crippen molar-refractivity contribution in [2.75, 3.05) is 7.11 Å². The molecule has 0 radical (unpaired) electrons. The van der Waals surface area contributed by atoms with Crippen LogP contribution in [0.4, 0.5) is 0 Å². The van der Waals surface area contributed by atoms with E-state index in [1.54, 1.807) is 18.5 Å². The van der Waals surface area contributed by atoms with E-state index in [2.05, 4.69) is 20.0 Å². The normalized spacial score (nSPS) is 10.1. The van der Waals surface area contributed by atoms with Crippen molar-refractivity contribution >= 4 is 6.21 Å². The van der Waals surface area contributed by atoms with Gasteiger partial charge in [-0.1, -0.05) is 5.16 Å². The molecule has 0 aromatic carbocycles. The second-order valence-corrected chi connectivity index (χ2v) is 1.52. The summed E-state index contributed by atoms with van der Waals surface area (Å²) < 4.78 is 0. The van der Waals surface area contributed by atoms with Gasteiger partial charge in [0.25, 0.3) is 0 Å². The molecule has 0 N–H and O–H groups in total. The number of nitrogens with zero attached hydrogens (tertiary/aromatic N) is 3. The van der Waals surface area contributed by atoms with Crippen LogP contribution >= 0.6 is 0 Å². The Bertz CT molecular complexity index is 209. The highest BCUT2D eigenvalue weighted by atomic mass is 16.6. The van der Waals surface area contributed by atoms with Gasteiger partial charge < -0.3 is 4.84 Å². The first-order valence-electron chi connectivity index (χ1n) is 2.77. The molecule has 0 aliphatic rings. The van der Waals surface area contributed by atoms with Crippen molar-refractivity contribution in [1.82, 2.24) is 9.97 Å². The summed E-state index contributed by atoms with van der Waals surface area (Å²) in [5, 5.41) is 3.49. The molecular formula is C6H7N3O. The van der Waals surface area contributed by atoms with Crippen LogP contribution in [-0.4, -0.2) is 23.3 Å². The summed E-state index contributed by atoms with van der Waals surface area (Å²) in [4.78, 5) is 12.2. The zero-order valence-electron chi connectivity index (χ0n) is 5.56. The standard InChI is InChI=1S/C6H7N3O/c1-10-9-5-6-7-3-2-4-8-6/h2-5H,1H3/b9-5+. The van der Waals surface area contributed by atoms with Crippen LogP contribution in [0.25, 0.3) is 0 Å². The summed E-state index contributed by atoms with van der Waals surface area (Å²) in [5.41, 5.74) is 0. The average molecular weight is 137 g/mol. The quantitative estimate of drug-likeness (QED) is 0.439. The molecule has 0 saturated heterocycles. The fourth-order valence-electron chi connectivity index (χ4n) is 0.477. The highest BCUT2D eigenvalue weighted by Gasteiger charge is 1.84. The molecule has 0 saturated carbocycles. The Morgan fingerprint density at radius 2 is 2.20 bits per heavy atom. The fourth-order valence-corrected chi connectivity index (χ4v) is 0.477. The van der Waals surface area contributed by atoms with Crippen LogP contribution in [-0.2, 0) is 4.84 Å². The predicted octanol–water partition coefficient (Wildman–Crippen LogP) is 0.457. The number of rotatable bonds is 2. The molecule has 0 spiro atoms. The summed E-state index contributed by atoms with van der Waals surface area (Å²) in [5.74, 6) is 0.546. The lowest BCUT2D eigenvalue weighted by Gasteiger charge is -1.86. The topological polar surface area (TPSA) is 47.4 Å². The monoisotopic (exact) mass is 137 g/mol. The SMILES string of the molecule is CO/N=C/c1ncccn1. The molecule has 0 bridgehead atoms. The Morgan fingerprint density at radius 1 is 1.50 bits per heavy atom. The minimum absolute atomic E-state index is 0.546. The van der Waals surface area contributed by atoms with Crippen molar-refractivity contribution in [1.29, 1.82) is 0 Å². The smallest absolute Gasteiger partial charge is 0.173 e. The van der Waals surface area contributed by atoms with E-state index >= 15 is 0 Å². The Morgan fingerprint density at radius 3 is 2.80 bits per heavy atom. The molecular weight excluding hydrogens is 130 g/mol. The molecule has 0 unspecified atom stereocenters. The maximum Gasteiger partial charge on any atom is 0.173 e. The molecule has 10 heavy (non-hydrogen) atoms. The lowest BCUT2D eigenvalue weighted by molar-refractivity contribution is 0.215. The molecule has 1 rings (SSSR count). The second-order valence-electron chi connectivity index (χ2n) is 1.52. The molecule has 0 atom stereocenters. The molecule has 0 amide bonds. The lowest BCUT2D eigenvalue weighted by atomic mass is 10.6. The van der Waals surface area contributed by atoms with Crippen molar-refractivity contribution in [3.8, 4) is 0 Å². The Labute approximate surface area is 58.6 Å². The first kappa shape index (κ1) is 6.67. The van der Waals surface area contributed by atoms with E-state index in [1.807, 2.05) is 0 Å². The molecule has 0 fully saturated rings. The summed E-state index contributed by atoms with van der Waals surface area (Å²) in [6, 6.07) is 1.74. The van der Waals surface area contributed by atoms with Crippen LogP contribution in [0, 0.1) is 0 Å². The van der Waals surface area contributed by atoms with Crippen LogP contribution in [0.15, 0.2) is 23.6 Å². The first-order chi connectivity index (χ1) is 4.93. The van der Waals surface area contributed by atoms with Crippen LogP contribution < -0.4 is 0 Å². The third-order valence-electron chi connectivity index (χ3n) is 0.859. The lowest BCUT2D eigenvalue weighted by Crippen LogP contribution is -1.89. The van der Waals surface area contributed by atoms with Crippen molar-refractivity contribution < 1.29 is 4.84 Å². The maximum atomic E-state index is 4.44. The Balaban J connectivity index is 2.67. The van der Waals surface area contributed by atoms with E-state index in [0.29, 0.717) is 5.82 Å². The van der Waals surface area contributed by atoms with Gasteiger partial charge in [0, 0.05) is 12.4 Å². The zero-order chi connectivity index (χ0) is 7.23. The maximum absolute atomic E-state index is 4.44. The zero-order valence-corrected chi connectivity index (χ0v) is 5.56. The van der Waals surface area contributed by atoms with Crippen LogP contribution in [0.2, 0.25) is 0 Å². The third-order valence-corrected chi connectivity index (χ3v) is 0.859. The third kappa shape index (κ3) is 1.81. The highest BCUT2D eigenvalue weighted by molar-refractivity contribution is 5.73. The Kier molecular flexibility index (Phi) is 2.37. The number of hydrogen-bond donors (Lipinski definition) is 0. The molecule has 0 aliphatic carbocycles. The number of oxime groups is 1. The molecule has 52 valence electrons. The van der Waals surface area contributed by atoms with Gasteiger partial charge in [0.15, 0.2) is 5.82 Å². The molecule has 1 aromatic rings. The summed E-state index contributed by atoms with van der Waals surface area (Å²) in [6.07, 6.45) is 4.73. The van der Waals surface area contributed by atoms with Crippen molar-refractivity contribution in [3.63, 3.8) is 0 Å². The van der Waals surface area contributed by atoms with E-state index in [1.165, 1.54) is 13.3 Å². The number of aromatic nitrogens is 2. The van der Waals surface area contributed by atoms with Crippen LogP contribution in [0.3, 0.4) is 0 Å². The van der Waals surface area contributed by atoms with E-state index in [0.717, 1.165) is 0 Å². The molecule has 1 heterocycles. The second kappa shape index (κ2) is 3.55.